The van der Waals surface area contributed by atoms with Crippen molar-refractivity contribution >= 4 is 21.2 Å². The molecule has 1 atom stereocenters. The molecule has 0 saturated carbocycles. The Morgan fingerprint density at radius 2 is 1.86 bits per heavy atom. The molecule has 0 aliphatic carbocycles. The smallest absolute Gasteiger partial charge is 0.247 e. The van der Waals surface area contributed by atoms with Crippen LogP contribution in [0.25, 0.3) is 11.2 Å². The van der Waals surface area contributed by atoms with E-state index in [4.69, 9.17) is 19.2 Å². The van der Waals surface area contributed by atoms with Gasteiger partial charge in [0.05, 0.1) is 18.6 Å². The molecule has 1 unspecified atom stereocenters. The Labute approximate surface area is 214 Å². The molecule has 4 heterocycles. The monoisotopic (exact) mass is 522 g/mol. The number of methoxy groups -OCH3 is 1. The topological polar surface area (TPSA) is 122 Å². The minimum atomic E-state index is -3.75. The molecule has 0 radical (unpaired) electrons. The van der Waals surface area contributed by atoms with Crippen molar-refractivity contribution in [2.24, 2.45) is 0 Å². The van der Waals surface area contributed by atoms with Gasteiger partial charge in [-0.05, 0) is 30.5 Å². The Morgan fingerprint density at radius 3 is 2.68 bits per heavy atom. The summed E-state index contributed by atoms with van der Waals surface area (Å²) in [5.74, 6) is 1.63. The van der Waals surface area contributed by atoms with E-state index >= 15 is 0 Å². The molecule has 2 aromatic carbocycles. The number of sulfonamides is 1. The zero-order valence-corrected chi connectivity index (χ0v) is 21.1. The normalized spacial score (nSPS) is 18.1. The fourth-order valence-corrected chi connectivity index (χ4v) is 6.28. The quantitative estimate of drug-likeness (QED) is 0.376. The van der Waals surface area contributed by atoms with E-state index < -0.39 is 10.0 Å². The van der Waals surface area contributed by atoms with Crippen molar-refractivity contribution in [2.45, 2.75) is 30.2 Å². The highest BCUT2D eigenvalue weighted by molar-refractivity contribution is 7.89. The maximum atomic E-state index is 13.5. The number of rotatable bonds is 6. The van der Waals surface area contributed by atoms with Gasteiger partial charge in [-0.2, -0.15) is 9.29 Å². The van der Waals surface area contributed by atoms with E-state index in [1.165, 1.54) is 17.5 Å². The number of benzene rings is 2. The summed E-state index contributed by atoms with van der Waals surface area (Å²) in [5, 5.41) is 8.51. The van der Waals surface area contributed by atoms with Gasteiger partial charge >= 0.3 is 0 Å². The molecule has 0 spiro atoms. The van der Waals surface area contributed by atoms with Crippen molar-refractivity contribution < 1.29 is 22.6 Å². The van der Waals surface area contributed by atoms with Gasteiger partial charge in [0.1, 0.15) is 19.0 Å². The van der Waals surface area contributed by atoms with Crippen LogP contribution in [0.2, 0.25) is 0 Å². The third kappa shape index (κ3) is 4.46. The number of piperidine rings is 1. The largest absolute Gasteiger partial charge is 0.486 e. The molecule has 11 nitrogen and oxygen atoms in total. The molecule has 2 aromatic heterocycles. The van der Waals surface area contributed by atoms with E-state index in [1.54, 1.807) is 16.8 Å². The summed E-state index contributed by atoms with van der Waals surface area (Å²) in [4.78, 5) is 9.58. The summed E-state index contributed by atoms with van der Waals surface area (Å²) in [7, 11) is -2.22. The SMILES string of the molecule is COc1nc(C2CCCN(S(=O)(=O)c3ccc4c(c3)OCCO4)C2)nc2c1nnn2Cc1ccccc1. The number of aromatic nitrogens is 5. The van der Waals surface area contributed by atoms with Gasteiger partial charge in [0.2, 0.25) is 15.9 Å². The second-order valence-electron chi connectivity index (χ2n) is 9.00. The van der Waals surface area contributed by atoms with Gasteiger partial charge in [0.25, 0.3) is 0 Å². The lowest BCUT2D eigenvalue weighted by molar-refractivity contribution is 0.171. The van der Waals surface area contributed by atoms with Crippen LogP contribution >= 0.6 is 0 Å². The van der Waals surface area contributed by atoms with Crippen molar-refractivity contribution in [3.05, 3.63) is 59.9 Å². The first-order chi connectivity index (χ1) is 18.0. The van der Waals surface area contributed by atoms with Crippen LogP contribution in [-0.2, 0) is 16.6 Å². The maximum absolute atomic E-state index is 13.5. The lowest BCUT2D eigenvalue weighted by atomic mass is 9.99. The van der Waals surface area contributed by atoms with Crippen LogP contribution in [0.1, 0.15) is 30.1 Å². The molecular formula is C25H26N6O5S. The third-order valence-electron chi connectivity index (χ3n) is 6.62. The number of ether oxygens (including phenoxy) is 3. The molecule has 0 amide bonds. The van der Waals surface area contributed by atoms with Crippen molar-refractivity contribution in [1.29, 1.82) is 0 Å². The van der Waals surface area contributed by atoms with E-state index in [0.29, 0.717) is 67.1 Å². The van der Waals surface area contributed by atoms with Crippen LogP contribution in [0.3, 0.4) is 0 Å². The minimum absolute atomic E-state index is 0.177. The Balaban J connectivity index is 1.30. The summed E-state index contributed by atoms with van der Waals surface area (Å²) >= 11 is 0. The molecule has 37 heavy (non-hydrogen) atoms. The van der Waals surface area contributed by atoms with Crippen LogP contribution in [0.15, 0.2) is 53.4 Å². The fraction of sp³-hybridized carbons (Fsp3) is 0.360. The maximum Gasteiger partial charge on any atom is 0.247 e. The van der Waals surface area contributed by atoms with Gasteiger partial charge in [0, 0.05) is 25.1 Å². The lowest BCUT2D eigenvalue weighted by Crippen LogP contribution is -2.39. The summed E-state index contributed by atoms with van der Waals surface area (Å²) in [6.07, 6.45) is 1.43. The van der Waals surface area contributed by atoms with Crippen LogP contribution in [0.4, 0.5) is 0 Å². The number of hydrogen-bond donors (Lipinski definition) is 0. The van der Waals surface area contributed by atoms with Gasteiger partial charge in [-0.3, -0.25) is 0 Å². The second-order valence-corrected chi connectivity index (χ2v) is 10.9. The Morgan fingerprint density at radius 1 is 1.05 bits per heavy atom. The molecule has 192 valence electrons. The predicted molar refractivity (Wildman–Crippen MR) is 133 cm³/mol. The molecular weight excluding hydrogens is 496 g/mol. The highest BCUT2D eigenvalue weighted by atomic mass is 32.2. The van der Waals surface area contributed by atoms with E-state index in [-0.39, 0.29) is 17.4 Å². The molecule has 6 rings (SSSR count). The van der Waals surface area contributed by atoms with Crippen molar-refractivity contribution in [3.63, 3.8) is 0 Å². The van der Waals surface area contributed by atoms with E-state index in [1.807, 2.05) is 30.3 Å². The Hall–Kier alpha value is -3.77. The first-order valence-electron chi connectivity index (χ1n) is 12.1. The first-order valence-corrected chi connectivity index (χ1v) is 13.6. The van der Waals surface area contributed by atoms with Crippen LogP contribution in [0.5, 0.6) is 17.4 Å². The molecule has 2 aliphatic rings. The van der Waals surface area contributed by atoms with Crippen LogP contribution in [-0.4, -0.2) is 71.1 Å². The molecule has 0 bridgehead atoms. The van der Waals surface area contributed by atoms with Crippen molar-refractivity contribution in [2.75, 3.05) is 33.4 Å². The number of nitrogens with zero attached hydrogens (tertiary/aromatic N) is 6. The lowest BCUT2D eigenvalue weighted by Gasteiger charge is -2.31. The Bertz CT molecular complexity index is 1540. The van der Waals surface area contributed by atoms with Gasteiger partial charge in [-0.25, -0.2) is 18.1 Å². The molecule has 2 aliphatic heterocycles. The van der Waals surface area contributed by atoms with Crippen molar-refractivity contribution in [1.82, 2.24) is 29.3 Å². The number of hydrogen-bond acceptors (Lipinski definition) is 9. The molecule has 0 N–H and O–H groups in total. The minimum Gasteiger partial charge on any atom is -0.486 e. The van der Waals surface area contributed by atoms with Gasteiger partial charge in [-0.1, -0.05) is 35.5 Å². The summed E-state index contributed by atoms with van der Waals surface area (Å²) in [6.45, 7) is 2.00. The van der Waals surface area contributed by atoms with Crippen LogP contribution in [0, 0.1) is 0 Å². The van der Waals surface area contributed by atoms with Gasteiger partial charge in [0.15, 0.2) is 22.7 Å². The third-order valence-corrected chi connectivity index (χ3v) is 8.48. The molecule has 4 aromatic rings. The number of fused-ring (bicyclic) bond motifs is 2. The molecule has 12 heteroatoms. The standard InChI is InChI=1S/C25H26N6O5S/c1-34-25-22-24(31(29-28-22)15-17-6-3-2-4-7-17)26-23(27-25)18-8-5-11-30(16-18)37(32,33)19-9-10-20-21(14-19)36-13-12-35-20/h2-4,6-7,9-10,14,18H,5,8,11-13,15-16H2,1H3. The van der Waals surface area contributed by atoms with Crippen molar-refractivity contribution in [3.8, 4) is 17.4 Å². The molecule has 1 fully saturated rings. The summed E-state index contributed by atoms with van der Waals surface area (Å²) in [6, 6.07) is 14.6. The van der Waals surface area contributed by atoms with Gasteiger partial charge < -0.3 is 14.2 Å². The fourth-order valence-electron chi connectivity index (χ4n) is 4.74. The summed E-state index contributed by atoms with van der Waals surface area (Å²) < 4.78 is 46.9. The first kappa shape index (κ1) is 23.6. The average molecular weight is 523 g/mol. The zero-order valence-electron chi connectivity index (χ0n) is 20.3. The molecule has 1 saturated heterocycles. The van der Waals surface area contributed by atoms with E-state index in [2.05, 4.69) is 15.3 Å². The Kier molecular flexibility index (Phi) is 6.13. The highest BCUT2D eigenvalue weighted by Gasteiger charge is 2.34. The second kappa shape index (κ2) is 9.60. The van der Waals surface area contributed by atoms with Gasteiger partial charge in [-0.15, -0.1) is 5.10 Å². The van der Waals surface area contributed by atoms with Crippen LogP contribution < -0.4 is 14.2 Å². The predicted octanol–water partition coefficient (Wildman–Crippen LogP) is 2.62. The van der Waals surface area contributed by atoms with E-state index in [0.717, 1.165) is 12.0 Å². The average Bonchev–Trinajstić information content (AvgIpc) is 3.35. The summed E-state index contributed by atoms with van der Waals surface area (Å²) in [5.41, 5.74) is 2.08. The van der Waals surface area contributed by atoms with E-state index in [9.17, 15) is 8.42 Å². The zero-order chi connectivity index (χ0) is 25.4. The highest BCUT2D eigenvalue weighted by Crippen LogP contribution is 2.35.